The first-order valence-corrected chi connectivity index (χ1v) is 7.78. The highest BCUT2D eigenvalue weighted by molar-refractivity contribution is 6.16. The Morgan fingerprint density at radius 1 is 1.24 bits per heavy atom. The van der Waals surface area contributed by atoms with E-state index in [1.807, 2.05) is 20.9 Å². The molecule has 1 N–H and O–H groups in total. The van der Waals surface area contributed by atoms with Crippen LogP contribution in [0.15, 0.2) is 0 Å². The molecule has 1 atom stereocenters. The Hall–Kier alpha value is -1.43. The third-order valence-electron chi connectivity index (χ3n) is 4.58. The predicted octanol–water partition coefficient (Wildman–Crippen LogP) is 1.21. The average molecular weight is 295 g/mol. The summed E-state index contributed by atoms with van der Waals surface area (Å²) in [6, 6.07) is -0.0304. The molecule has 2 aliphatic rings. The molecule has 0 bridgehead atoms. The van der Waals surface area contributed by atoms with Gasteiger partial charge >= 0.3 is 6.03 Å². The maximum Gasteiger partial charge on any atom is 0.330 e. The van der Waals surface area contributed by atoms with Crippen molar-refractivity contribution in [1.82, 2.24) is 15.1 Å². The number of amides is 4. The Bertz CT molecular complexity index is 430. The maximum absolute atomic E-state index is 12.3. The van der Waals surface area contributed by atoms with Crippen molar-refractivity contribution < 1.29 is 14.4 Å². The smallest absolute Gasteiger partial charge is 0.302 e. The van der Waals surface area contributed by atoms with Gasteiger partial charge in [0.05, 0.1) is 0 Å². The van der Waals surface area contributed by atoms with Gasteiger partial charge in [-0.25, -0.2) is 4.79 Å². The van der Waals surface area contributed by atoms with Gasteiger partial charge in [-0.2, -0.15) is 0 Å². The molecule has 6 nitrogen and oxygen atoms in total. The van der Waals surface area contributed by atoms with Crippen LogP contribution in [0.2, 0.25) is 0 Å². The Balaban J connectivity index is 1.95. The van der Waals surface area contributed by atoms with Crippen LogP contribution < -0.4 is 5.32 Å². The Kier molecular flexibility index (Phi) is 4.98. The van der Waals surface area contributed by atoms with Crippen LogP contribution in [0, 0.1) is 11.8 Å². The highest BCUT2D eigenvalue weighted by atomic mass is 16.2. The largest absolute Gasteiger partial charge is 0.330 e. The molecule has 2 rings (SSSR count). The third-order valence-corrected chi connectivity index (χ3v) is 4.58. The minimum Gasteiger partial charge on any atom is -0.302 e. The van der Waals surface area contributed by atoms with E-state index in [4.69, 9.17) is 0 Å². The number of urea groups is 1. The van der Waals surface area contributed by atoms with Gasteiger partial charge in [0, 0.05) is 19.1 Å². The molecular weight excluding hydrogens is 270 g/mol. The van der Waals surface area contributed by atoms with Crippen LogP contribution in [0.3, 0.4) is 0 Å². The second-order valence-electron chi connectivity index (χ2n) is 6.42. The lowest BCUT2D eigenvalue weighted by molar-refractivity contribution is -0.144. The van der Waals surface area contributed by atoms with Gasteiger partial charge in [-0.05, 0) is 25.8 Å². The lowest BCUT2D eigenvalue weighted by Crippen LogP contribution is -2.60. The predicted molar refractivity (Wildman–Crippen MR) is 78.5 cm³/mol. The second-order valence-corrected chi connectivity index (χ2v) is 6.42. The number of hydrogen-bond acceptors (Lipinski definition) is 4. The van der Waals surface area contributed by atoms with E-state index in [1.165, 1.54) is 30.6 Å². The molecule has 1 aliphatic heterocycles. The van der Waals surface area contributed by atoms with Crippen LogP contribution in [0.5, 0.6) is 0 Å². The molecular formula is C15H25N3O3. The first kappa shape index (κ1) is 15.9. The van der Waals surface area contributed by atoms with Crippen LogP contribution >= 0.6 is 0 Å². The summed E-state index contributed by atoms with van der Waals surface area (Å²) in [5.41, 5.74) is 0. The van der Waals surface area contributed by atoms with Gasteiger partial charge in [-0.15, -0.1) is 0 Å². The van der Waals surface area contributed by atoms with Crippen molar-refractivity contribution in [3.05, 3.63) is 0 Å². The fourth-order valence-electron chi connectivity index (χ4n) is 3.22. The zero-order valence-electron chi connectivity index (χ0n) is 13.1. The number of carbonyl (C=O) groups excluding carboxylic acids is 3. The SMILES string of the molecule is CC(C)C1C(=O)NC(=O)N(CCN(C)C2CCCC2)C1=O. The van der Waals surface area contributed by atoms with Crippen molar-refractivity contribution >= 4 is 17.8 Å². The zero-order chi connectivity index (χ0) is 15.6. The molecule has 0 spiro atoms. The quantitative estimate of drug-likeness (QED) is 0.774. The number of hydrogen-bond donors (Lipinski definition) is 1. The molecule has 1 saturated carbocycles. The van der Waals surface area contributed by atoms with E-state index in [2.05, 4.69) is 10.2 Å². The number of nitrogens with zero attached hydrogens (tertiary/aromatic N) is 2. The fraction of sp³-hybridized carbons (Fsp3) is 0.800. The van der Waals surface area contributed by atoms with Crippen molar-refractivity contribution in [2.24, 2.45) is 11.8 Å². The first-order valence-electron chi connectivity index (χ1n) is 7.78. The molecule has 0 radical (unpaired) electrons. The topological polar surface area (TPSA) is 69.7 Å². The Labute approximate surface area is 125 Å². The van der Waals surface area contributed by atoms with E-state index in [0.717, 1.165) is 0 Å². The molecule has 6 heteroatoms. The van der Waals surface area contributed by atoms with Crippen molar-refractivity contribution in [2.75, 3.05) is 20.1 Å². The van der Waals surface area contributed by atoms with Crippen LogP contribution in [-0.2, 0) is 9.59 Å². The molecule has 118 valence electrons. The molecule has 0 aromatic heterocycles. The lowest BCUT2D eigenvalue weighted by Gasteiger charge is -2.33. The van der Waals surface area contributed by atoms with Crippen LogP contribution in [0.25, 0.3) is 0 Å². The lowest BCUT2D eigenvalue weighted by atomic mass is 9.92. The zero-order valence-corrected chi connectivity index (χ0v) is 13.1. The normalized spacial score (nSPS) is 24.3. The number of nitrogens with one attached hydrogen (secondary N) is 1. The molecule has 1 heterocycles. The molecule has 1 aliphatic carbocycles. The van der Waals surface area contributed by atoms with E-state index in [9.17, 15) is 14.4 Å². The van der Waals surface area contributed by atoms with Gasteiger partial charge in [0.25, 0.3) is 0 Å². The number of likely N-dealkylation sites (N-methyl/N-ethyl adjacent to an activating group) is 1. The molecule has 1 unspecified atom stereocenters. The van der Waals surface area contributed by atoms with Gasteiger partial charge in [0.2, 0.25) is 11.8 Å². The summed E-state index contributed by atoms with van der Waals surface area (Å²) >= 11 is 0. The Morgan fingerprint density at radius 2 is 1.86 bits per heavy atom. The summed E-state index contributed by atoms with van der Waals surface area (Å²) in [5, 5.41) is 2.29. The van der Waals surface area contributed by atoms with E-state index in [0.29, 0.717) is 19.1 Å². The average Bonchev–Trinajstić information content (AvgIpc) is 2.90. The maximum atomic E-state index is 12.3. The number of barbiturate groups is 1. The van der Waals surface area contributed by atoms with E-state index in [1.54, 1.807) is 0 Å². The highest BCUT2D eigenvalue weighted by Gasteiger charge is 2.41. The minimum absolute atomic E-state index is 0.110. The summed E-state index contributed by atoms with van der Waals surface area (Å²) < 4.78 is 0. The monoisotopic (exact) mass is 295 g/mol. The molecule has 1 saturated heterocycles. The van der Waals surface area contributed by atoms with Crippen molar-refractivity contribution in [3.63, 3.8) is 0 Å². The van der Waals surface area contributed by atoms with E-state index >= 15 is 0 Å². The summed E-state index contributed by atoms with van der Waals surface area (Å²) in [6.07, 6.45) is 4.87. The summed E-state index contributed by atoms with van der Waals surface area (Å²) in [4.78, 5) is 39.4. The van der Waals surface area contributed by atoms with Crippen LogP contribution in [0.4, 0.5) is 4.79 Å². The summed E-state index contributed by atoms with van der Waals surface area (Å²) in [6.45, 7) is 4.64. The first-order chi connectivity index (χ1) is 9.91. The van der Waals surface area contributed by atoms with E-state index in [-0.39, 0.29) is 11.8 Å². The van der Waals surface area contributed by atoms with Crippen LogP contribution in [-0.4, -0.2) is 53.8 Å². The summed E-state index contributed by atoms with van der Waals surface area (Å²) in [5.74, 6) is -1.70. The Morgan fingerprint density at radius 3 is 2.43 bits per heavy atom. The fourth-order valence-corrected chi connectivity index (χ4v) is 3.22. The molecule has 21 heavy (non-hydrogen) atoms. The molecule has 0 aromatic carbocycles. The number of carbonyl (C=O) groups is 3. The third kappa shape index (κ3) is 3.43. The van der Waals surface area contributed by atoms with Gasteiger partial charge in [-0.1, -0.05) is 26.7 Å². The van der Waals surface area contributed by atoms with Gasteiger partial charge in [0.1, 0.15) is 5.92 Å². The summed E-state index contributed by atoms with van der Waals surface area (Å²) in [7, 11) is 2.04. The number of rotatable bonds is 5. The van der Waals surface area contributed by atoms with Gasteiger partial charge < -0.3 is 4.90 Å². The second kappa shape index (κ2) is 6.56. The minimum atomic E-state index is -0.750. The van der Waals surface area contributed by atoms with Gasteiger partial charge in [0.15, 0.2) is 0 Å². The van der Waals surface area contributed by atoms with Crippen LogP contribution in [0.1, 0.15) is 39.5 Å². The van der Waals surface area contributed by atoms with Crippen molar-refractivity contribution in [1.29, 1.82) is 0 Å². The molecule has 0 aromatic rings. The van der Waals surface area contributed by atoms with Crippen molar-refractivity contribution in [2.45, 2.75) is 45.6 Å². The van der Waals surface area contributed by atoms with Gasteiger partial charge in [-0.3, -0.25) is 19.8 Å². The van der Waals surface area contributed by atoms with E-state index < -0.39 is 17.9 Å². The molecule has 4 amide bonds. The van der Waals surface area contributed by atoms with Crippen molar-refractivity contribution in [3.8, 4) is 0 Å². The molecule has 2 fully saturated rings. The standard InChI is InChI=1S/C15H25N3O3/c1-10(2)12-13(19)16-15(21)18(14(12)20)9-8-17(3)11-6-4-5-7-11/h10-12H,4-9H2,1-3H3,(H,16,19,21). The highest BCUT2D eigenvalue weighted by Crippen LogP contribution is 2.23. The number of imide groups is 2.